The van der Waals surface area contributed by atoms with Crippen molar-refractivity contribution in [3.05, 3.63) is 83.2 Å². The van der Waals surface area contributed by atoms with Gasteiger partial charge in [-0.2, -0.15) is 5.10 Å². The Morgan fingerprint density at radius 2 is 1.77 bits per heavy atom. The number of amides is 1. The molecule has 1 amide bonds. The van der Waals surface area contributed by atoms with Crippen molar-refractivity contribution in [2.75, 3.05) is 11.4 Å². The average Bonchev–Trinajstić information content (AvgIpc) is 3.35. The minimum atomic E-state index is -0.401. The standard InChI is InChI=1S/C25H25N3O3/c1-18-16-19(2)28(26-18)23-12-7-21(8-13-23)17-31-25(30)14-9-20-5-10-22(11-6-20)27-15-3-4-24(27)29/h5-14,16H,3-4,15,17H2,1-2H3/b14-9+. The van der Waals surface area contributed by atoms with Crippen LogP contribution in [0.25, 0.3) is 11.8 Å². The molecule has 0 saturated carbocycles. The third kappa shape index (κ3) is 4.91. The minimum absolute atomic E-state index is 0.162. The highest BCUT2D eigenvalue weighted by molar-refractivity contribution is 5.95. The second kappa shape index (κ2) is 9.00. The van der Waals surface area contributed by atoms with Crippen molar-refractivity contribution in [2.24, 2.45) is 0 Å². The lowest BCUT2D eigenvalue weighted by molar-refractivity contribution is -0.138. The van der Waals surface area contributed by atoms with E-state index in [1.165, 1.54) is 6.08 Å². The van der Waals surface area contributed by atoms with Crippen LogP contribution in [-0.2, 0) is 20.9 Å². The quantitative estimate of drug-likeness (QED) is 0.443. The molecular formula is C25H25N3O3. The van der Waals surface area contributed by atoms with Gasteiger partial charge in [0.2, 0.25) is 5.91 Å². The van der Waals surface area contributed by atoms with Gasteiger partial charge in [-0.1, -0.05) is 24.3 Å². The molecule has 2 aromatic carbocycles. The monoisotopic (exact) mass is 415 g/mol. The fourth-order valence-electron chi connectivity index (χ4n) is 3.68. The van der Waals surface area contributed by atoms with Crippen LogP contribution in [0.15, 0.2) is 60.7 Å². The number of ether oxygens (including phenoxy) is 1. The SMILES string of the molecule is Cc1cc(C)n(-c2ccc(COC(=O)/C=C/c3ccc(N4CCCC4=O)cc3)cc2)n1. The molecule has 0 bridgehead atoms. The molecule has 0 aliphatic carbocycles. The van der Waals surface area contributed by atoms with E-state index >= 15 is 0 Å². The molecule has 1 aliphatic rings. The molecule has 4 rings (SSSR count). The molecule has 0 radical (unpaired) electrons. The van der Waals surface area contributed by atoms with Gasteiger partial charge < -0.3 is 9.64 Å². The Morgan fingerprint density at radius 3 is 2.39 bits per heavy atom. The van der Waals surface area contributed by atoms with Gasteiger partial charge in [-0.25, -0.2) is 9.48 Å². The summed E-state index contributed by atoms with van der Waals surface area (Å²) in [7, 11) is 0. The number of aromatic nitrogens is 2. The lowest BCUT2D eigenvalue weighted by Crippen LogP contribution is -2.23. The summed E-state index contributed by atoms with van der Waals surface area (Å²) in [4.78, 5) is 25.7. The Labute approximate surface area is 181 Å². The van der Waals surface area contributed by atoms with Gasteiger partial charge in [-0.3, -0.25) is 4.79 Å². The van der Waals surface area contributed by atoms with Crippen LogP contribution in [-0.4, -0.2) is 28.2 Å². The highest BCUT2D eigenvalue weighted by Gasteiger charge is 2.21. The van der Waals surface area contributed by atoms with Crippen molar-refractivity contribution >= 4 is 23.6 Å². The summed E-state index contributed by atoms with van der Waals surface area (Å²) in [5.41, 5.74) is 5.70. The van der Waals surface area contributed by atoms with Gasteiger partial charge in [0.25, 0.3) is 0 Å². The molecule has 158 valence electrons. The maximum atomic E-state index is 12.1. The van der Waals surface area contributed by atoms with Crippen molar-refractivity contribution in [1.82, 2.24) is 9.78 Å². The normalized spacial score (nSPS) is 13.9. The van der Waals surface area contributed by atoms with Crippen molar-refractivity contribution < 1.29 is 14.3 Å². The Morgan fingerprint density at radius 1 is 1.06 bits per heavy atom. The summed E-state index contributed by atoms with van der Waals surface area (Å²) in [5.74, 6) is -0.240. The van der Waals surface area contributed by atoms with Crippen LogP contribution in [0, 0.1) is 13.8 Å². The largest absolute Gasteiger partial charge is 0.458 e. The molecule has 1 fully saturated rings. The number of anilines is 1. The van der Waals surface area contributed by atoms with Crippen LogP contribution in [0.4, 0.5) is 5.69 Å². The molecule has 3 aromatic rings. The lowest BCUT2D eigenvalue weighted by Gasteiger charge is -2.15. The van der Waals surface area contributed by atoms with E-state index in [1.807, 2.05) is 73.1 Å². The lowest BCUT2D eigenvalue weighted by atomic mass is 10.2. The molecule has 6 heteroatoms. The van der Waals surface area contributed by atoms with Crippen LogP contribution in [0.1, 0.15) is 35.4 Å². The Bertz CT molecular complexity index is 1110. The van der Waals surface area contributed by atoms with Crippen LogP contribution in [0.3, 0.4) is 0 Å². The van der Waals surface area contributed by atoms with E-state index in [0.29, 0.717) is 6.42 Å². The first-order chi connectivity index (χ1) is 15.0. The van der Waals surface area contributed by atoms with E-state index in [2.05, 4.69) is 5.10 Å². The second-order valence-electron chi connectivity index (χ2n) is 7.69. The van der Waals surface area contributed by atoms with E-state index < -0.39 is 5.97 Å². The number of rotatable bonds is 6. The molecular weight excluding hydrogens is 390 g/mol. The van der Waals surface area contributed by atoms with Crippen LogP contribution < -0.4 is 4.90 Å². The number of carbonyl (C=O) groups is 2. The summed E-state index contributed by atoms with van der Waals surface area (Å²) in [6.07, 6.45) is 4.64. The predicted octanol–water partition coefficient (Wildman–Crippen LogP) is 4.37. The van der Waals surface area contributed by atoms with Gasteiger partial charge >= 0.3 is 5.97 Å². The molecule has 1 aromatic heterocycles. The molecule has 0 unspecified atom stereocenters. The highest BCUT2D eigenvalue weighted by Crippen LogP contribution is 2.22. The van der Waals surface area contributed by atoms with Crippen LogP contribution in [0.5, 0.6) is 0 Å². The summed E-state index contributed by atoms with van der Waals surface area (Å²) in [6, 6.07) is 17.4. The zero-order chi connectivity index (χ0) is 21.8. The molecule has 1 saturated heterocycles. The van der Waals surface area contributed by atoms with Crippen molar-refractivity contribution in [1.29, 1.82) is 0 Å². The van der Waals surface area contributed by atoms with Gasteiger partial charge in [0, 0.05) is 30.4 Å². The first kappa shape index (κ1) is 20.6. The molecule has 31 heavy (non-hydrogen) atoms. The summed E-state index contributed by atoms with van der Waals surface area (Å²) in [5, 5.41) is 4.47. The Balaban J connectivity index is 1.30. The summed E-state index contributed by atoms with van der Waals surface area (Å²) < 4.78 is 7.23. The second-order valence-corrected chi connectivity index (χ2v) is 7.69. The molecule has 1 aliphatic heterocycles. The van der Waals surface area contributed by atoms with E-state index in [1.54, 1.807) is 11.0 Å². The molecule has 0 atom stereocenters. The first-order valence-corrected chi connectivity index (χ1v) is 10.4. The molecule has 6 nitrogen and oxygen atoms in total. The third-order valence-corrected chi connectivity index (χ3v) is 5.26. The fraction of sp³-hybridized carbons (Fsp3) is 0.240. The van der Waals surface area contributed by atoms with Crippen molar-refractivity contribution in [3.8, 4) is 5.69 Å². The third-order valence-electron chi connectivity index (χ3n) is 5.26. The molecule has 0 spiro atoms. The summed E-state index contributed by atoms with van der Waals surface area (Å²) in [6.45, 7) is 4.95. The fourth-order valence-corrected chi connectivity index (χ4v) is 3.68. The number of hydrogen-bond donors (Lipinski definition) is 0. The number of carbonyl (C=O) groups excluding carboxylic acids is 2. The summed E-state index contributed by atoms with van der Waals surface area (Å²) >= 11 is 0. The van der Waals surface area contributed by atoms with Gasteiger partial charge in [0.05, 0.1) is 11.4 Å². The zero-order valence-corrected chi connectivity index (χ0v) is 17.7. The van der Waals surface area contributed by atoms with E-state index in [4.69, 9.17) is 4.74 Å². The number of hydrogen-bond acceptors (Lipinski definition) is 4. The van der Waals surface area contributed by atoms with Crippen molar-refractivity contribution in [3.63, 3.8) is 0 Å². The molecule has 2 heterocycles. The predicted molar refractivity (Wildman–Crippen MR) is 120 cm³/mol. The number of benzene rings is 2. The minimum Gasteiger partial charge on any atom is -0.458 e. The maximum Gasteiger partial charge on any atom is 0.331 e. The van der Waals surface area contributed by atoms with Crippen molar-refractivity contribution in [2.45, 2.75) is 33.3 Å². The molecule has 0 N–H and O–H groups in total. The van der Waals surface area contributed by atoms with Crippen LogP contribution in [0.2, 0.25) is 0 Å². The highest BCUT2D eigenvalue weighted by atomic mass is 16.5. The van der Waals surface area contributed by atoms with Gasteiger partial charge in [-0.15, -0.1) is 0 Å². The van der Waals surface area contributed by atoms with Gasteiger partial charge in [0.1, 0.15) is 6.61 Å². The van der Waals surface area contributed by atoms with E-state index in [0.717, 1.165) is 46.9 Å². The van der Waals surface area contributed by atoms with E-state index in [9.17, 15) is 9.59 Å². The average molecular weight is 415 g/mol. The Kier molecular flexibility index (Phi) is 5.98. The number of aryl methyl sites for hydroxylation is 2. The Hall–Kier alpha value is -3.67. The van der Waals surface area contributed by atoms with Gasteiger partial charge in [-0.05, 0) is 67.8 Å². The first-order valence-electron chi connectivity index (χ1n) is 10.4. The smallest absolute Gasteiger partial charge is 0.331 e. The number of nitrogens with zero attached hydrogens (tertiary/aromatic N) is 3. The number of esters is 1. The topological polar surface area (TPSA) is 64.4 Å². The van der Waals surface area contributed by atoms with Gasteiger partial charge in [0.15, 0.2) is 0 Å². The maximum absolute atomic E-state index is 12.1. The zero-order valence-electron chi connectivity index (χ0n) is 17.7. The van der Waals surface area contributed by atoms with Crippen LogP contribution >= 0.6 is 0 Å². The van der Waals surface area contributed by atoms with E-state index in [-0.39, 0.29) is 12.5 Å².